The van der Waals surface area contributed by atoms with Crippen LogP contribution < -0.4 is 5.32 Å². The smallest absolute Gasteiger partial charge is 0.341 e. The lowest BCUT2D eigenvalue weighted by Crippen LogP contribution is -2.14. The summed E-state index contributed by atoms with van der Waals surface area (Å²) in [6.45, 7) is 3.79. The quantitative estimate of drug-likeness (QED) is 0.320. The fourth-order valence-electron chi connectivity index (χ4n) is 2.56. The molecule has 0 aliphatic carbocycles. The molecule has 3 rings (SSSR count). The number of esters is 1. The number of hydrogen-bond acceptors (Lipinski definition) is 7. The van der Waals surface area contributed by atoms with Crippen molar-refractivity contribution in [3.05, 3.63) is 40.3 Å². The Labute approximate surface area is 170 Å². The summed E-state index contributed by atoms with van der Waals surface area (Å²) < 4.78 is 7.03. The van der Waals surface area contributed by atoms with Crippen molar-refractivity contribution in [2.24, 2.45) is 0 Å². The number of anilines is 1. The lowest BCUT2D eigenvalue weighted by Gasteiger charge is -2.06. The van der Waals surface area contributed by atoms with Crippen molar-refractivity contribution in [2.45, 2.75) is 31.0 Å². The SMILES string of the molecule is COC(=O)c1c(NC(=O)CCCSc2nc3ccccc3s2)sc(C)c1C. The number of nitrogens with zero attached hydrogens (tertiary/aromatic N) is 1. The molecule has 0 saturated carbocycles. The lowest BCUT2D eigenvalue weighted by molar-refractivity contribution is -0.116. The number of thiophene rings is 1. The summed E-state index contributed by atoms with van der Waals surface area (Å²) in [5, 5.41) is 3.43. The molecule has 8 heteroatoms. The van der Waals surface area contributed by atoms with Crippen LogP contribution in [0.4, 0.5) is 5.00 Å². The van der Waals surface area contributed by atoms with Crippen LogP contribution in [0.2, 0.25) is 0 Å². The minimum absolute atomic E-state index is 0.0914. The fraction of sp³-hybridized carbons (Fsp3) is 0.316. The Bertz CT molecular complexity index is 945. The molecule has 2 aromatic heterocycles. The maximum absolute atomic E-state index is 12.3. The standard InChI is InChI=1S/C19H20N2O3S3/c1-11-12(2)26-17(16(11)18(23)24-3)21-15(22)9-6-10-25-19-20-13-7-4-5-8-14(13)27-19/h4-5,7-8H,6,9-10H2,1-3H3,(H,21,22). The first-order valence-electron chi connectivity index (χ1n) is 8.46. The summed E-state index contributed by atoms with van der Waals surface area (Å²) in [6, 6.07) is 8.06. The van der Waals surface area contributed by atoms with E-state index >= 15 is 0 Å². The Hall–Kier alpha value is -1.90. The molecule has 0 atom stereocenters. The van der Waals surface area contributed by atoms with Gasteiger partial charge in [0.25, 0.3) is 0 Å². The van der Waals surface area contributed by atoms with E-state index < -0.39 is 5.97 Å². The number of para-hydroxylation sites is 1. The van der Waals surface area contributed by atoms with Crippen molar-refractivity contribution in [3.8, 4) is 0 Å². The lowest BCUT2D eigenvalue weighted by atomic mass is 10.1. The first kappa shape index (κ1) is 19.9. The van der Waals surface area contributed by atoms with E-state index in [4.69, 9.17) is 4.74 Å². The highest BCUT2D eigenvalue weighted by Crippen LogP contribution is 2.33. The first-order chi connectivity index (χ1) is 13.0. The second-order valence-electron chi connectivity index (χ2n) is 5.93. The van der Waals surface area contributed by atoms with Crippen molar-refractivity contribution in [2.75, 3.05) is 18.2 Å². The largest absolute Gasteiger partial charge is 0.465 e. The number of ether oxygens (including phenoxy) is 1. The number of amides is 1. The molecule has 0 aliphatic rings. The number of benzene rings is 1. The molecule has 0 aliphatic heterocycles. The van der Waals surface area contributed by atoms with Gasteiger partial charge in [-0.15, -0.1) is 22.7 Å². The van der Waals surface area contributed by atoms with E-state index in [1.54, 1.807) is 23.1 Å². The number of nitrogens with one attached hydrogen (secondary N) is 1. The van der Waals surface area contributed by atoms with Crippen molar-refractivity contribution in [1.29, 1.82) is 0 Å². The normalized spacial score (nSPS) is 10.9. The van der Waals surface area contributed by atoms with Crippen LogP contribution in [0.25, 0.3) is 10.2 Å². The van der Waals surface area contributed by atoms with Crippen molar-refractivity contribution in [1.82, 2.24) is 4.98 Å². The number of carbonyl (C=O) groups is 2. The third-order valence-electron chi connectivity index (χ3n) is 4.08. The minimum Gasteiger partial charge on any atom is -0.465 e. The Morgan fingerprint density at radius 1 is 1.22 bits per heavy atom. The molecule has 0 fully saturated rings. The van der Waals surface area contributed by atoms with E-state index in [0.717, 1.165) is 32.5 Å². The van der Waals surface area contributed by atoms with E-state index in [1.165, 1.54) is 23.1 Å². The Morgan fingerprint density at radius 2 is 2.00 bits per heavy atom. The summed E-state index contributed by atoms with van der Waals surface area (Å²) in [5.41, 5.74) is 2.33. The molecule has 3 aromatic rings. The predicted molar refractivity (Wildman–Crippen MR) is 113 cm³/mol. The van der Waals surface area contributed by atoms with Gasteiger partial charge in [0.15, 0.2) is 4.34 Å². The highest BCUT2D eigenvalue weighted by molar-refractivity contribution is 8.01. The predicted octanol–water partition coefficient (Wildman–Crippen LogP) is 5.27. The van der Waals surface area contributed by atoms with Crippen molar-refractivity contribution >= 4 is 61.5 Å². The van der Waals surface area contributed by atoms with Crippen LogP contribution in [0.5, 0.6) is 0 Å². The fourth-order valence-corrected chi connectivity index (χ4v) is 5.70. The Balaban J connectivity index is 1.51. The zero-order valence-electron chi connectivity index (χ0n) is 15.3. The van der Waals surface area contributed by atoms with Gasteiger partial charge in [-0.05, 0) is 38.0 Å². The van der Waals surface area contributed by atoms with E-state index in [0.29, 0.717) is 17.0 Å². The van der Waals surface area contributed by atoms with Gasteiger partial charge in [-0.2, -0.15) is 0 Å². The zero-order chi connectivity index (χ0) is 19.4. The number of carbonyl (C=O) groups excluding carboxylic acids is 2. The Morgan fingerprint density at radius 3 is 2.74 bits per heavy atom. The van der Waals surface area contributed by atoms with Gasteiger partial charge in [0.1, 0.15) is 5.00 Å². The molecule has 5 nitrogen and oxygen atoms in total. The van der Waals surface area contributed by atoms with Gasteiger partial charge in [-0.3, -0.25) is 4.79 Å². The molecule has 1 aromatic carbocycles. The monoisotopic (exact) mass is 420 g/mol. The number of hydrogen-bond donors (Lipinski definition) is 1. The molecule has 27 heavy (non-hydrogen) atoms. The molecule has 0 spiro atoms. The molecule has 0 saturated heterocycles. The molecule has 1 N–H and O–H groups in total. The van der Waals surface area contributed by atoms with Crippen LogP contribution >= 0.6 is 34.4 Å². The van der Waals surface area contributed by atoms with Gasteiger partial charge in [0.2, 0.25) is 5.91 Å². The van der Waals surface area contributed by atoms with Gasteiger partial charge in [0, 0.05) is 17.1 Å². The summed E-state index contributed by atoms with van der Waals surface area (Å²) in [7, 11) is 1.35. The summed E-state index contributed by atoms with van der Waals surface area (Å²) in [4.78, 5) is 29.8. The second kappa shape index (κ2) is 8.86. The number of thiazole rings is 1. The zero-order valence-corrected chi connectivity index (χ0v) is 17.8. The van der Waals surface area contributed by atoms with Crippen molar-refractivity contribution < 1.29 is 14.3 Å². The number of rotatable bonds is 7. The molecular formula is C19H20N2O3S3. The first-order valence-corrected chi connectivity index (χ1v) is 11.1. The van der Waals surface area contributed by atoms with Crippen LogP contribution in [0.3, 0.4) is 0 Å². The van der Waals surface area contributed by atoms with E-state index in [9.17, 15) is 9.59 Å². The molecule has 0 bridgehead atoms. The second-order valence-corrected chi connectivity index (χ2v) is 9.52. The van der Waals surface area contributed by atoms with Crippen LogP contribution in [-0.4, -0.2) is 29.7 Å². The van der Waals surface area contributed by atoms with E-state index in [2.05, 4.69) is 16.4 Å². The summed E-state index contributed by atoms with van der Waals surface area (Å²) >= 11 is 4.75. The molecule has 142 valence electrons. The van der Waals surface area contributed by atoms with E-state index in [-0.39, 0.29) is 5.91 Å². The topological polar surface area (TPSA) is 68.3 Å². The molecule has 0 radical (unpaired) electrons. The van der Waals surface area contributed by atoms with Gasteiger partial charge >= 0.3 is 5.97 Å². The van der Waals surface area contributed by atoms with Crippen molar-refractivity contribution in [3.63, 3.8) is 0 Å². The van der Waals surface area contributed by atoms with Gasteiger partial charge < -0.3 is 10.1 Å². The highest BCUT2D eigenvalue weighted by atomic mass is 32.2. The molecule has 1 amide bonds. The average molecular weight is 421 g/mol. The highest BCUT2D eigenvalue weighted by Gasteiger charge is 2.21. The van der Waals surface area contributed by atoms with E-state index in [1.807, 2.05) is 32.0 Å². The maximum atomic E-state index is 12.3. The van der Waals surface area contributed by atoms with Crippen LogP contribution in [0.15, 0.2) is 28.6 Å². The third kappa shape index (κ3) is 4.69. The van der Waals surface area contributed by atoms with Crippen LogP contribution in [-0.2, 0) is 9.53 Å². The number of methoxy groups -OCH3 is 1. The van der Waals surface area contributed by atoms with Crippen LogP contribution in [0.1, 0.15) is 33.6 Å². The third-order valence-corrected chi connectivity index (χ3v) is 7.46. The minimum atomic E-state index is -0.418. The maximum Gasteiger partial charge on any atom is 0.341 e. The average Bonchev–Trinajstić information content (AvgIpc) is 3.19. The van der Waals surface area contributed by atoms with Gasteiger partial charge in [0.05, 0.1) is 22.9 Å². The number of aryl methyl sites for hydroxylation is 1. The van der Waals surface area contributed by atoms with Gasteiger partial charge in [-0.1, -0.05) is 23.9 Å². The van der Waals surface area contributed by atoms with Crippen LogP contribution in [0, 0.1) is 13.8 Å². The number of fused-ring (bicyclic) bond motifs is 1. The van der Waals surface area contributed by atoms with Gasteiger partial charge in [-0.25, -0.2) is 9.78 Å². The summed E-state index contributed by atoms with van der Waals surface area (Å²) in [5.74, 6) is 0.310. The number of thioether (sulfide) groups is 1. The molecular weight excluding hydrogens is 400 g/mol. The molecule has 2 heterocycles. The Kier molecular flexibility index (Phi) is 6.51. The summed E-state index contributed by atoms with van der Waals surface area (Å²) in [6.07, 6.45) is 1.14. The number of aromatic nitrogens is 1. The molecule has 0 unspecified atom stereocenters.